The van der Waals surface area contributed by atoms with Gasteiger partial charge in [0.1, 0.15) is 0 Å². The SMILES string of the molecule is CCOC(CNC[C@@H](O)[C@@H](N)Cc1ccccc1)OCC. The average Bonchev–Trinajstić information content (AvgIpc) is 2.48. The van der Waals surface area contributed by atoms with Crippen molar-refractivity contribution in [2.75, 3.05) is 26.3 Å². The molecule has 1 rings (SSSR count). The van der Waals surface area contributed by atoms with Gasteiger partial charge in [0.15, 0.2) is 6.29 Å². The number of ether oxygens (including phenoxy) is 2. The fraction of sp³-hybridized carbons (Fsp3) is 0.625. The van der Waals surface area contributed by atoms with Gasteiger partial charge >= 0.3 is 0 Å². The van der Waals surface area contributed by atoms with E-state index in [1.807, 2.05) is 44.2 Å². The van der Waals surface area contributed by atoms with Crippen molar-refractivity contribution in [1.29, 1.82) is 0 Å². The number of nitrogens with two attached hydrogens (primary N) is 1. The minimum Gasteiger partial charge on any atom is -0.390 e. The van der Waals surface area contributed by atoms with E-state index >= 15 is 0 Å². The Morgan fingerprint density at radius 3 is 2.29 bits per heavy atom. The zero-order valence-corrected chi connectivity index (χ0v) is 13.0. The Morgan fingerprint density at radius 2 is 1.71 bits per heavy atom. The molecule has 0 saturated heterocycles. The van der Waals surface area contributed by atoms with Crippen LogP contribution in [0.4, 0.5) is 0 Å². The third kappa shape index (κ3) is 7.55. The van der Waals surface area contributed by atoms with Crippen LogP contribution in [-0.2, 0) is 15.9 Å². The molecule has 5 heteroatoms. The van der Waals surface area contributed by atoms with Gasteiger partial charge in [0.2, 0.25) is 0 Å². The number of nitrogens with one attached hydrogen (secondary N) is 1. The van der Waals surface area contributed by atoms with E-state index in [9.17, 15) is 5.11 Å². The standard InChI is InChI=1S/C16H28N2O3/c1-3-20-16(21-4-2)12-18-11-15(19)14(17)10-13-8-6-5-7-9-13/h5-9,14-16,18-19H,3-4,10-12,17H2,1-2H3/t14-,15+/m0/s1. The first-order valence-electron chi connectivity index (χ1n) is 7.58. The van der Waals surface area contributed by atoms with Crippen LogP contribution in [0.15, 0.2) is 30.3 Å². The van der Waals surface area contributed by atoms with Crippen LogP contribution in [0.3, 0.4) is 0 Å². The maximum atomic E-state index is 10.1. The van der Waals surface area contributed by atoms with E-state index in [1.54, 1.807) is 0 Å². The van der Waals surface area contributed by atoms with Gasteiger partial charge in [-0.2, -0.15) is 0 Å². The fourth-order valence-electron chi connectivity index (χ4n) is 2.06. The molecule has 0 aliphatic carbocycles. The van der Waals surface area contributed by atoms with Crippen molar-refractivity contribution in [2.24, 2.45) is 5.73 Å². The molecule has 4 N–H and O–H groups in total. The highest BCUT2D eigenvalue weighted by molar-refractivity contribution is 5.16. The van der Waals surface area contributed by atoms with Crippen molar-refractivity contribution in [3.8, 4) is 0 Å². The number of hydrogen-bond donors (Lipinski definition) is 3. The zero-order valence-electron chi connectivity index (χ0n) is 13.0. The smallest absolute Gasteiger partial charge is 0.169 e. The Bertz CT molecular complexity index is 356. The molecular formula is C16H28N2O3. The van der Waals surface area contributed by atoms with Crippen molar-refractivity contribution >= 4 is 0 Å². The molecule has 0 saturated carbocycles. The Kier molecular flexibility index (Phi) is 9.21. The van der Waals surface area contributed by atoms with Crippen LogP contribution >= 0.6 is 0 Å². The van der Waals surface area contributed by atoms with Gasteiger partial charge in [-0.15, -0.1) is 0 Å². The Hall–Kier alpha value is -0.980. The maximum Gasteiger partial charge on any atom is 0.169 e. The topological polar surface area (TPSA) is 76.7 Å². The molecule has 0 fully saturated rings. The molecule has 0 radical (unpaired) electrons. The van der Waals surface area contributed by atoms with Gasteiger partial charge < -0.3 is 25.6 Å². The zero-order chi connectivity index (χ0) is 15.5. The molecule has 0 spiro atoms. The number of aliphatic hydroxyl groups is 1. The summed E-state index contributed by atoms with van der Waals surface area (Å²) in [6.45, 7) is 6.01. The second-order valence-corrected chi connectivity index (χ2v) is 4.92. The monoisotopic (exact) mass is 296 g/mol. The summed E-state index contributed by atoms with van der Waals surface area (Å²) < 4.78 is 10.8. The molecule has 0 aromatic heterocycles. The summed E-state index contributed by atoms with van der Waals surface area (Å²) in [7, 11) is 0. The normalized spacial score (nSPS) is 14.3. The molecule has 0 bridgehead atoms. The molecule has 0 amide bonds. The molecule has 0 heterocycles. The van der Waals surface area contributed by atoms with Crippen LogP contribution in [0.1, 0.15) is 19.4 Å². The molecule has 1 aromatic carbocycles. The number of benzene rings is 1. The maximum absolute atomic E-state index is 10.1. The molecule has 1 aromatic rings. The van der Waals surface area contributed by atoms with Crippen LogP contribution in [0.25, 0.3) is 0 Å². The van der Waals surface area contributed by atoms with Crippen molar-refractivity contribution in [3.63, 3.8) is 0 Å². The summed E-state index contributed by atoms with van der Waals surface area (Å²) >= 11 is 0. The van der Waals surface area contributed by atoms with Crippen LogP contribution in [0.2, 0.25) is 0 Å². The highest BCUT2D eigenvalue weighted by atomic mass is 16.7. The number of hydrogen-bond acceptors (Lipinski definition) is 5. The van der Waals surface area contributed by atoms with Crippen molar-refractivity contribution in [1.82, 2.24) is 5.32 Å². The predicted molar refractivity (Wildman–Crippen MR) is 84.0 cm³/mol. The van der Waals surface area contributed by atoms with Crippen LogP contribution in [-0.4, -0.2) is 49.8 Å². The Balaban J connectivity index is 2.27. The summed E-state index contributed by atoms with van der Waals surface area (Å²) in [6.07, 6.45) is -0.226. The molecule has 0 aliphatic heterocycles. The van der Waals surface area contributed by atoms with E-state index in [-0.39, 0.29) is 12.3 Å². The highest BCUT2D eigenvalue weighted by Gasteiger charge is 2.16. The quantitative estimate of drug-likeness (QED) is 0.529. The van der Waals surface area contributed by atoms with Gasteiger partial charge in [-0.1, -0.05) is 30.3 Å². The van der Waals surface area contributed by atoms with E-state index in [1.165, 1.54) is 0 Å². The van der Waals surface area contributed by atoms with Gasteiger partial charge in [-0.3, -0.25) is 0 Å². The van der Waals surface area contributed by atoms with Crippen molar-refractivity contribution < 1.29 is 14.6 Å². The molecule has 5 nitrogen and oxygen atoms in total. The number of rotatable bonds is 11. The van der Waals surface area contributed by atoms with Crippen LogP contribution in [0.5, 0.6) is 0 Å². The number of aliphatic hydroxyl groups excluding tert-OH is 1. The second-order valence-electron chi connectivity index (χ2n) is 4.92. The third-order valence-electron chi connectivity index (χ3n) is 3.18. The fourth-order valence-corrected chi connectivity index (χ4v) is 2.06. The highest BCUT2D eigenvalue weighted by Crippen LogP contribution is 2.04. The first-order chi connectivity index (χ1) is 10.2. The Labute approximate surface area is 127 Å². The van der Waals surface area contributed by atoms with Crippen molar-refractivity contribution in [3.05, 3.63) is 35.9 Å². The van der Waals surface area contributed by atoms with E-state index in [0.717, 1.165) is 5.56 Å². The summed E-state index contributed by atoms with van der Waals surface area (Å²) in [6, 6.07) is 9.65. The van der Waals surface area contributed by atoms with E-state index < -0.39 is 6.10 Å². The lowest BCUT2D eigenvalue weighted by molar-refractivity contribution is -0.133. The molecule has 120 valence electrons. The summed E-state index contributed by atoms with van der Waals surface area (Å²) in [4.78, 5) is 0. The molecule has 0 aliphatic rings. The summed E-state index contributed by atoms with van der Waals surface area (Å²) in [5, 5.41) is 13.2. The third-order valence-corrected chi connectivity index (χ3v) is 3.18. The Morgan fingerprint density at radius 1 is 1.10 bits per heavy atom. The van der Waals surface area contributed by atoms with Gasteiger partial charge in [0.25, 0.3) is 0 Å². The first-order valence-corrected chi connectivity index (χ1v) is 7.58. The first kappa shape index (κ1) is 18.1. The largest absolute Gasteiger partial charge is 0.390 e. The van der Waals surface area contributed by atoms with Crippen molar-refractivity contribution in [2.45, 2.75) is 38.7 Å². The lowest BCUT2D eigenvalue weighted by atomic mass is 10.0. The van der Waals surface area contributed by atoms with Gasteiger partial charge in [0, 0.05) is 32.3 Å². The van der Waals surface area contributed by atoms with E-state index in [2.05, 4.69) is 5.32 Å². The summed E-state index contributed by atoms with van der Waals surface area (Å²) in [5.41, 5.74) is 7.16. The van der Waals surface area contributed by atoms with E-state index in [0.29, 0.717) is 32.7 Å². The minimum absolute atomic E-state index is 0.280. The van der Waals surface area contributed by atoms with Gasteiger partial charge in [0.05, 0.1) is 6.10 Å². The molecule has 21 heavy (non-hydrogen) atoms. The average molecular weight is 296 g/mol. The van der Waals surface area contributed by atoms with Crippen LogP contribution in [0, 0.1) is 0 Å². The lowest BCUT2D eigenvalue weighted by Gasteiger charge is -2.22. The predicted octanol–water partition coefficient (Wildman–Crippen LogP) is 0.906. The lowest BCUT2D eigenvalue weighted by Crippen LogP contribution is -2.45. The molecular weight excluding hydrogens is 268 g/mol. The van der Waals surface area contributed by atoms with Gasteiger partial charge in [-0.05, 0) is 25.8 Å². The minimum atomic E-state index is -0.603. The van der Waals surface area contributed by atoms with Gasteiger partial charge in [-0.25, -0.2) is 0 Å². The van der Waals surface area contributed by atoms with Crippen LogP contribution < -0.4 is 11.1 Å². The molecule has 2 atom stereocenters. The molecule has 0 unspecified atom stereocenters. The van der Waals surface area contributed by atoms with E-state index in [4.69, 9.17) is 15.2 Å². The summed E-state index contributed by atoms with van der Waals surface area (Å²) in [5.74, 6) is 0. The second kappa shape index (κ2) is 10.7.